The standard InChI is InChI=1S/C14H20FNO/c1-16-8-7-12-9-13(15)5-6-14(12)17-10-11-3-2-4-11/h5-6,9,11,16H,2-4,7-8,10H2,1H3. The molecule has 1 saturated carbocycles. The Balaban J connectivity index is 1.97. The fraction of sp³-hybridized carbons (Fsp3) is 0.571. The SMILES string of the molecule is CNCCc1cc(F)ccc1OCC1CCC1. The number of nitrogens with one attached hydrogen (secondary N) is 1. The summed E-state index contributed by atoms with van der Waals surface area (Å²) in [6.07, 6.45) is 4.67. The van der Waals surface area contributed by atoms with Gasteiger partial charge in [0.1, 0.15) is 11.6 Å². The maximum Gasteiger partial charge on any atom is 0.123 e. The van der Waals surface area contributed by atoms with Crippen LogP contribution in [0.4, 0.5) is 4.39 Å². The lowest BCUT2D eigenvalue weighted by molar-refractivity contribution is 0.179. The van der Waals surface area contributed by atoms with Gasteiger partial charge < -0.3 is 10.1 Å². The van der Waals surface area contributed by atoms with Gasteiger partial charge in [0.15, 0.2) is 0 Å². The molecule has 0 aromatic heterocycles. The smallest absolute Gasteiger partial charge is 0.123 e. The Labute approximate surface area is 102 Å². The molecule has 0 bridgehead atoms. The van der Waals surface area contributed by atoms with Crippen molar-refractivity contribution >= 4 is 0 Å². The van der Waals surface area contributed by atoms with Gasteiger partial charge in [0, 0.05) is 0 Å². The molecule has 1 aliphatic carbocycles. The Morgan fingerprint density at radius 1 is 1.41 bits per heavy atom. The molecule has 1 aliphatic rings. The fourth-order valence-corrected chi connectivity index (χ4v) is 2.01. The molecule has 1 fully saturated rings. The zero-order chi connectivity index (χ0) is 12.1. The first kappa shape index (κ1) is 12.4. The van der Waals surface area contributed by atoms with E-state index < -0.39 is 0 Å². The van der Waals surface area contributed by atoms with Crippen molar-refractivity contribution < 1.29 is 9.13 Å². The van der Waals surface area contributed by atoms with Gasteiger partial charge in [-0.25, -0.2) is 4.39 Å². The van der Waals surface area contributed by atoms with Gasteiger partial charge in [0.25, 0.3) is 0 Å². The highest BCUT2D eigenvalue weighted by atomic mass is 19.1. The van der Waals surface area contributed by atoms with Crippen molar-refractivity contribution in [1.82, 2.24) is 5.32 Å². The van der Waals surface area contributed by atoms with Crippen LogP contribution in [0.1, 0.15) is 24.8 Å². The van der Waals surface area contributed by atoms with Crippen molar-refractivity contribution in [3.8, 4) is 5.75 Å². The molecule has 2 rings (SSSR count). The van der Waals surface area contributed by atoms with E-state index in [1.54, 1.807) is 12.1 Å². The summed E-state index contributed by atoms with van der Waals surface area (Å²) in [5.74, 6) is 1.36. The van der Waals surface area contributed by atoms with Gasteiger partial charge in [-0.15, -0.1) is 0 Å². The fourth-order valence-electron chi connectivity index (χ4n) is 2.01. The summed E-state index contributed by atoms with van der Waals surface area (Å²) < 4.78 is 19.0. The first-order valence-corrected chi connectivity index (χ1v) is 6.35. The van der Waals surface area contributed by atoms with Gasteiger partial charge in [-0.2, -0.15) is 0 Å². The molecule has 0 saturated heterocycles. The molecule has 0 amide bonds. The van der Waals surface area contributed by atoms with E-state index in [1.165, 1.54) is 25.3 Å². The molecule has 1 aromatic rings. The molecule has 0 spiro atoms. The zero-order valence-corrected chi connectivity index (χ0v) is 10.3. The van der Waals surface area contributed by atoms with Crippen LogP contribution in [0.2, 0.25) is 0 Å². The van der Waals surface area contributed by atoms with Crippen molar-refractivity contribution in [2.45, 2.75) is 25.7 Å². The van der Waals surface area contributed by atoms with Crippen molar-refractivity contribution in [3.63, 3.8) is 0 Å². The Morgan fingerprint density at radius 2 is 2.24 bits per heavy atom. The van der Waals surface area contributed by atoms with Gasteiger partial charge in [0.2, 0.25) is 0 Å². The molecule has 94 valence electrons. The number of halogens is 1. The van der Waals surface area contributed by atoms with Crippen LogP contribution >= 0.6 is 0 Å². The Morgan fingerprint density at radius 3 is 2.88 bits per heavy atom. The van der Waals surface area contributed by atoms with E-state index >= 15 is 0 Å². The maximum atomic E-state index is 13.2. The van der Waals surface area contributed by atoms with Crippen LogP contribution in [0.15, 0.2) is 18.2 Å². The van der Waals surface area contributed by atoms with Crippen LogP contribution < -0.4 is 10.1 Å². The third-order valence-electron chi connectivity index (χ3n) is 3.37. The van der Waals surface area contributed by atoms with Crippen LogP contribution in [0.25, 0.3) is 0 Å². The number of hydrogen-bond donors (Lipinski definition) is 1. The quantitative estimate of drug-likeness (QED) is 0.821. The predicted molar refractivity (Wildman–Crippen MR) is 66.9 cm³/mol. The van der Waals surface area contributed by atoms with Crippen LogP contribution in [0.5, 0.6) is 5.75 Å². The number of ether oxygens (including phenoxy) is 1. The van der Waals surface area contributed by atoms with E-state index in [9.17, 15) is 4.39 Å². The highest BCUT2D eigenvalue weighted by Crippen LogP contribution is 2.28. The lowest BCUT2D eigenvalue weighted by Gasteiger charge is -2.25. The minimum atomic E-state index is -0.188. The van der Waals surface area contributed by atoms with Crippen molar-refractivity contribution in [2.75, 3.05) is 20.2 Å². The summed E-state index contributed by atoms with van der Waals surface area (Å²) in [5.41, 5.74) is 0.957. The van der Waals surface area contributed by atoms with Gasteiger partial charge >= 0.3 is 0 Å². The lowest BCUT2D eigenvalue weighted by atomic mass is 9.86. The highest BCUT2D eigenvalue weighted by molar-refractivity contribution is 5.34. The summed E-state index contributed by atoms with van der Waals surface area (Å²) >= 11 is 0. The first-order chi connectivity index (χ1) is 8.29. The molecule has 1 aromatic carbocycles. The third kappa shape index (κ3) is 3.43. The van der Waals surface area contributed by atoms with Gasteiger partial charge in [0.05, 0.1) is 6.61 Å². The molecule has 0 radical (unpaired) electrons. The molecule has 0 unspecified atom stereocenters. The second-order valence-corrected chi connectivity index (χ2v) is 4.71. The number of hydrogen-bond acceptors (Lipinski definition) is 2. The highest BCUT2D eigenvalue weighted by Gasteiger charge is 2.18. The molecule has 2 nitrogen and oxygen atoms in total. The molecule has 3 heteroatoms. The maximum absolute atomic E-state index is 13.2. The Hall–Kier alpha value is -1.09. The van der Waals surface area contributed by atoms with Crippen LogP contribution in [-0.2, 0) is 6.42 Å². The topological polar surface area (TPSA) is 21.3 Å². The molecule has 0 atom stereocenters. The molecular formula is C14H20FNO. The van der Waals surface area contributed by atoms with Crippen LogP contribution in [-0.4, -0.2) is 20.2 Å². The molecule has 17 heavy (non-hydrogen) atoms. The summed E-state index contributed by atoms with van der Waals surface area (Å²) in [5, 5.41) is 3.07. The zero-order valence-electron chi connectivity index (χ0n) is 10.3. The molecule has 0 aliphatic heterocycles. The van der Waals surface area contributed by atoms with Gasteiger partial charge in [-0.05, 0) is 62.5 Å². The first-order valence-electron chi connectivity index (χ1n) is 6.35. The summed E-state index contributed by atoms with van der Waals surface area (Å²) in [7, 11) is 1.90. The Bertz CT molecular complexity index is 363. The van der Waals surface area contributed by atoms with Gasteiger partial charge in [-0.1, -0.05) is 6.42 Å². The summed E-state index contributed by atoms with van der Waals surface area (Å²) in [6.45, 7) is 1.61. The second kappa shape index (κ2) is 6.01. The van der Waals surface area contributed by atoms with E-state index in [-0.39, 0.29) is 5.82 Å². The molecule has 0 heterocycles. The van der Waals surface area contributed by atoms with Crippen molar-refractivity contribution in [3.05, 3.63) is 29.6 Å². The van der Waals surface area contributed by atoms with Crippen molar-refractivity contribution in [2.24, 2.45) is 5.92 Å². The normalized spacial score (nSPS) is 15.6. The second-order valence-electron chi connectivity index (χ2n) is 4.71. The summed E-state index contributed by atoms with van der Waals surface area (Å²) in [6, 6.07) is 4.80. The van der Waals surface area contributed by atoms with Crippen LogP contribution in [0.3, 0.4) is 0 Å². The number of benzene rings is 1. The lowest BCUT2D eigenvalue weighted by Crippen LogP contribution is -2.20. The third-order valence-corrected chi connectivity index (χ3v) is 3.37. The number of likely N-dealkylation sites (N-methyl/N-ethyl adjacent to an activating group) is 1. The van der Waals surface area contributed by atoms with E-state index in [0.29, 0.717) is 5.92 Å². The Kier molecular flexibility index (Phi) is 4.37. The van der Waals surface area contributed by atoms with Crippen molar-refractivity contribution in [1.29, 1.82) is 0 Å². The van der Waals surface area contributed by atoms with E-state index in [1.807, 2.05) is 7.05 Å². The average Bonchev–Trinajstić information content (AvgIpc) is 2.26. The number of rotatable bonds is 6. The molecular weight excluding hydrogens is 217 g/mol. The van der Waals surface area contributed by atoms with E-state index in [0.717, 1.165) is 30.9 Å². The minimum absolute atomic E-state index is 0.188. The largest absolute Gasteiger partial charge is 0.493 e. The summed E-state index contributed by atoms with van der Waals surface area (Å²) in [4.78, 5) is 0. The molecule has 1 N–H and O–H groups in total. The average molecular weight is 237 g/mol. The minimum Gasteiger partial charge on any atom is -0.493 e. The predicted octanol–water partition coefficient (Wildman–Crippen LogP) is 2.77. The van der Waals surface area contributed by atoms with E-state index in [2.05, 4.69) is 5.32 Å². The van der Waals surface area contributed by atoms with E-state index in [4.69, 9.17) is 4.74 Å². The van der Waals surface area contributed by atoms with Gasteiger partial charge in [-0.3, -0.25) is 0 Å². The van der Waals surface area contributed by atoms with Crippen LogP contribution in [0, 0.1) is 11.7 Å². The monoisotopic (exact) mass is 237 g/mol.